The molecular formula is C18H26N4O. The van der Waals surface area contributed by atoms with E-state index < -0.39 is 0 Å². The highest BCUT2D eigenvalue weighted by Crippen LogP contribution is 2.13. The number of nitrogens with one attached hydrogen (secondary N) is 1. The van der Waals surface area contributed by atoms with E-state index in [0.29, 0.717) is 19.0 Å². The van der Waals surface area contributed by atoms with Crippen LogP contribution in [0.15, 0.2) is 42.7 Å². The summed E-state index contributed by atoms with van der Waals surface area (Å²) in [5.74, 6) is 0.357. The first-order chi connectivity index (χ1) is 11.0. The predicted octanol–water partition coefficient (Wildman–Crippen LogP) is 2.16. The number of rotatable bonds is 7. The molecule has 124 valence electrons. The molecule has 0 fully saturated rings. The quantitative estimate of drug-likeness (QED) is 0.852. The molecule has 2 unspecified atom stereocenters. The van der Waals surface area contributed by atoms with Gasteiger partial charge in [-0.05, 0) is 25.5 Å². The van der Waals surface area contributed by atoms with E-state index in [4.69, 9.17) is 0 Å². The Morgan fingerprint density at radius 2 is 2.00 bits per heavy atom. The van der Waals surface area contributed by atoms with Crippen LogP contribution in [0.25, 0.3) is 0 Å². The highest BCUT2D eigenvalue weighted by atomic mass is 16.2. The van der Waals surface area contributed by atoms with Gasteiger partial charge in [-0.3, -0.25) is 14.4 Å². The van der Waals surface area contributed by atoms with Gasteiger partial charge in [0.05, 0.1) is 12.2 Å². The number of carbonyl (C=O) groups excluding carboxylic acids is 1. The molecule has 23 heavy (non-hydrogen) atoms. The Morgan fingerprint density at radius 3 is 2.61 bits per heavy atom. The smallest absolute Gasteiger partial charge is 0.237 e. The van der Waals surface area contributed by atoms with Crippen LogP contribution in [-0.4, -0.2) is 40.2 Å². The summed E-state index contributed by atoms with van der Waals surface area (Å²) in [4.78, 5) is 14.4. The van der Waals surface area contributed by atoms with Crippen molar-refractivity contribution in [1.82, 2.24) is 20.0 Å². The maximum Gasteiger partial charge on any atom is 0.237 e. The lowest BCUT2D eigenvalue weighted by atomic mass is 10.0. The second-order valence-electron chi connectivity index (χ2n) is 6.17. The van der Waals surface area contributed by atoms with Crippen molar-refractivity contribution in [1.29, 1.82) is 0 Å². The fourth-order valence-corrected chi connectivity index (χ4v) is 2.48. The topological polar surface area (TPSA) is 50.2 Å². The summed E-state index contributed by atoms with van der Waals surface area (Å²) in [6.07, 6.45) is 3.80. The van der Waals surface area contributed by atoms with Gasteiger partial charge in [0.2, 0.25) is 5.91 Å². The van der Waals surface area contributed by atoms with Crippen molar-refractivity contribution < 1.29 is 4.79 Å². The van der Waals surface area contributed by atoms with E-state index in [2.05, 4.69) is 29.5 Å². The third-order valence-corrected chi connectivity index (χ3v) is 4.18. The molecule has 0 aliphatic carbocycles. The average Bonchev–Trinajstić information content (AvgIpc) is 2.97. The first-order valence-electron chi connectivity index (χ1n) is 7.97. The molecule has 5 heteroatoms. The fraction of sp³-hybridized carbons (Fsp3) is 0.444. The number of benzene rings is 1. The third-order valence-electron chi connectivity index (χ3n) is 4.18. The second-order valence-corrected chi connectivity index (χ2v) is 6.17. The molecule has 1 amide bonds. The number of hydrogen-bond donors (Lipinski definition) is 1. The monoisotopic (exact) mass is 314 g/mol. The highest BCUT2D eigenvalue weighted by molar-refractivity contribution is 5.81. The maximum atomic E-state index is 12.3. The lowest BCUT2D eigenvalue weighted by molar-refractivity contribution is -0.125. The Kier molecular flexibility index (Phi) is 5.93. The molecule has 0 saturated heterocycles. The van der Waals surface area contributed by atoms with E-state index in [9.17, 15) is 4.79 Å². The van der Waals surface area contributed by atoms with Crippen LogP contribution in [0.2, 0.25) is 0 Å². The molecule has 2 atom stereocenters. The molecule has 2 aromatic rings. The fourth-order valence-electron chi connectivity index (χ4n) is 2.48. The summed E-state index contributed by atoms with van der Waals surface area (Å²) in [5, 5.41) is 7.21. The van der Waals surface area contributed by atoms with Crippen LogP contribution < -0.4 is 5.32 Å². The number of amides is 1. The van der Waals surface area contributed by atoms with Crippen LogP contribution in [0.4, 0.5) is 0 Å². The minimum atomic E-state index is -0.182. The van der Waals surface area contributed by atoms with Crippen LogP contribution >= 0.6 is 0 Å². The molecule has 0 bridgehead atoms. The molecule has 5 nitrogen and oxygen atoms in total. The van der Waals surface area contributed by atoms with Gasteiger partial charge < -0.3 is 5.32 Å². The summed E-state index contributed by atoms with van der Waals surface area (Å²) in [5.41, 5.74) is 2.34. The summed E-state index contributed by atoms with van der Waals surface area (Å²) in [7, 11) is 3.85. The summed E-state index contributed by atoms with van der Waals surface area (Å²) < 4.78 is 1.77. The lowest BCUT2D eigenvalue weighted by Gasteiger charge is -2.24. The van der Waals surface area contributed by atoms with Crippen molar-refractivity contribution in [2.45, 2.75) is 32.4 Å². The first kappa shape index (κ1) is 17.2. The standard InChI is InChI=1S/C18H26N4O/c1-14(17-8-6-5-7-9-17)10-19-18(23)15(2)21(3)12-16-11-20-22(4)13-16/h5-9,11,13-15H,10,12H2,1-4H3,(H,19,23). The number of hydrogen-bond acceptors (Lipinski definition) is 3. The van der Waals surface area contributed by atoms with Crippen LogP contribution in [0, 0.1) is 0 Å². The van der Waals surface area contributed by atoms with Crippen LogP contribution in [0.5, 0.6) is 0 Å². The van der Waals surface area contributed by atoms with Gasteiger partial charge in [0.25, 0.3) is 0 Å². The number of nitrogens with zero attached hydrogens (tertiary/aromatic N) is 3. The van der Waals surface area contributed by atoms with Crippen molar-refractivity contribution in [2.24, 2.45) is 7.05 Å². The SMILES string of the molecule is CC(CNC(=O)C(C)N(C)Cc1cnn(C)c1)c1ccccc1. The zero-order valence-corrected chi connectivity index (χ0v) is 14.4. The van der Waals surface area contributed by atoms with Crippen molar-refractivity contribution >= 4 is 5.91 Å². The highest BCUT2D eigenvalue weighted by Gasteiger charge is 2.19. The van der Waals surface area contributed by atoms with Crippen molar-refractivity contribution in [2.75, 3.05) is 13.6 Å². The van der Waals surface area contributed by atoms with E-state index in [1.807, 2.05) is 56.5 Å². The zero-order valence-electron chi connectivity index (χ0n) is 14.4. The van der Waals surface area contributed by atoms with Crippen molar-refractivity contribution in [3.63, 3.8) is 0 Å². The predicted molar refractivity (Wildman–Crippen MR) is 92.0 cm³/mol. The van der Waals surface area contributed by atoms with Crippen LogP contribution in [0.3, 0.4) is 0 Å². The third kappa shape index (κ3) is 4.93. The van der Waals surface area contributed by atoms with Crippen LogP contribution in [-0.2, 0) is 18.4 Å². The Balaban J connectivity index is 1.82. The molecule has 1 N–H and O–H groups in total. The molecule has 0 aliphatic rings. The van der Waals surface area contributed by atoms with Crippen LogP contribution in [0.1, 0.15) is 30.9 Å². The molecule has 0 saturated carbocycles. The zero-order chi connectivity index (χ0) is 16.8. The van der Waals surface area contributed by atoms with E-state index in [0.717, 1.165) is 5.56 Å². The summed E-state index contributed by atoms with van der Waals surface area (Å²) >= 11 is 0. The molecular weight excluding hydrogens is 288 g/mol. The van der Waals surface area contributed by atoms with Gasteiger partial charge in [-0.15, -0.1) is 0 Å². The minimum Gasteiger partial charge on any atom is -0.354 e. The first-order valence-corrected chi connectivity index (χ1v) is 7.97. The van der Waals surface area contributed by atoms with Crippen molar-refractivity contribution in [3.8, 4) is 0 Å². The van der Waals surface area contributed by atoms with Gasteiger partial charge in [0.1, 0.15) is 0 Å². The van der Waals surface area contributed by atoms with Gasteiger partial charge in [-0.1, -0.05) is 37.3 Å². The van der Waals surface area contributed by atoms with Crippen molar-refractivity contribution in [3.05, 3.63) is 53.9 Å². The molecule has 0 radical (unpaired) electrons. The van der Waals surface area contributed by atoms with E-state index in [1.54, 1.807) is 4.68 Å². The average molecular weight is 314 g/mol. The molecule has 0 spiro atoms. The molecule has 1 heterocycles. The lowest BCUT2D eigenvalue weighted by Crippen LogP contribution is -2.43. The van der Waals surface area contributed by atoms with E-state index in [1.165, 1.54) is 5.56 Å². The molecule has 2 rings (SSSR count). The summed E-state index contributed by atoms with van der Waals surface area (Å²) in [6, 6.07) is 10.1. The van der Waals surface area contributed by atoms with E-state index >= 15 is 0 Å². The molecule has 1 aromatic heterocycles. The molecule has 0 aliphatic heterocycles. The Morgan fingerprint density at radius 1 is 1.30 bits per heavy atom. The minimum absolute atomic E-state index is 0.0548. The largest absolute Gasteiger partial charge is 0.354 e. The second kappa shape index (κ2) is 7.92. The van der Waals surface area contributed by atoms with Gasteiger partial charge in [-0.25, -0.2) is 0 Å². The maximum absolute atomic E-state index is 12.3. The Bertz CT molecular complexity index is 623. The summed E-state index contributed by atoms with van der Waals surface area (Å²) in [6.45, 7) is 5.41. The number of aryl methyl sites for hydroxylation is 1. The Labute approximate surface area is 138 Å². The van der Waals surface area contributed by atoms with E-state index in [-0.39, 0.29) is 11.9 Å². The number of carbonyl (C=O) groups is 1. The number of likely N-dealkylation sites (N-methyl/N-ethyl adjacent to an activating group) is 1. The normalized spacial score (nSPS) is 13.8. The van der Waals surface area contributed by atoms with Gasteiger partial charge in [0.15, 0.2) is 0 Å². The van der Waals surface area contributed by atoms with Gasteiger partial charge in [0, 0.05) is 31.9 Å². The molecule has 1 aromatic carbocycles. The number of aromatic nitrogens is 2. The Hall–Kier alpha value is -2.14. The van der Waals surface area contributed by atoms with Gasteiger partial charge in [-0.2, -0.15) is 5.10 Å². The van der Waals surface area contributed by atoms with Gasteiger partial charge >= 0.3 is 0 Å².